The Morgan fingerprint density at radius 2 is 1.59 bits per heavy atom. The van der Waals surface area contributed by atoms with E-state index in [0.717, 1.165) is 14.6 Å². The number of rotatable bonds is 10. The lowest BCUT2D eigenvalue weighted by Crippen LogP contribution is -2.14. The first-order valence-corrected chi connectivity index (χ1v) is 12.8. The Balaban J connectivity index is 1.40. The number of carbonyl (C=O) groups is 2. The molecule has 0 aliphatic carbocycles. The van der Waals surface area contributed by atoms with Crippen molar-refractivity contribution < 1.29 is 28.5 Å². The standard InChI is InChI=1S/C26H25N3O6S2/c1-32-17-7-10-20(33-2)19(13-17)28-24(30)14-36-26-29-18-8-6-16(12-23(18)37-26)27-25(31)15-5-9-21(34-3)22(11-15)35-4/h5-13H,14H2,1-4H3,(H,27,31)(H,28,30). The molecule has 0 fully saturated rings. The van der Waals surface area contributed by atoms with E-state index in [0.29, 0.717) is 39.9 Å². The maximum atomic E-state index is 12.8. The van der Waals surface area contributed by atoms with Crippen LogP contribution in [0.25, 0.3) is 10.2 Å². The summed E-state index contributed by atoms with van der Waals surface area (Å²) in [4.78, 5) is 29.9. The van der Waals surface area contributed by atoms with Gasteiger partial charge in [0.25, 0.3) is 5.91 Å². The van der Waals surface area contributed by atoms with Gasteiger partial charge in [0.15, 0.2) is 15.8 Å². The van der Waals surface area contributed by atoms with Gasteiger partial charge in [-0.1, -0.05) is 11.8 Å². The summed E-state index contributed by atoms with van der Waals surface area (Å²) in [7, 11) is 6.16. The van der Waals surface area contributed by atoms with Gasteiger partial charge in [0.05, 0.1) is 50.1 Å². The van der Waals surface area contributed by atoms with Crippen LogP contribution in [0.4, 0.5) is 11.4 Å². The molecule has 11 heteroatoms. The summed E-state index contributed by atoms with van der Waals surface area (Å²) in [6, 6.07) is 15.7. The molecule has 0 spiro atoms. The third kappa shape index (κ3) is 6.25. The van der Waals surface area contributed by atoms with Crippen molar-refractivity contribution in [1.82, 2.24) is 4.98 Å². The average Bonchev–Trinajstić information content (AvgIpc) is 3.33. The van der Waals surface area contributed by atoms with E-state index in [2.05, 4.69) is 15.6 Å². The lowest BCUT2D eigenvalue weighted by Gasteiger charge is -2.11. The van der Waals surface area contributed by atoms with Gasteiger partial charge in [0.2, 0.25) is 5.91 Å². The van der Waals surface area contributed by atoms with Crippen LogP contribution >= 0.6 is 23.1 Å². The minimum absolute atomic E-state index is 0.170. The first-order valence-electron chi connectivity index (χ1n) is 11.0. The minimum Gasteiger partial charge on any atom is -0.497 e. The summed E-state index contributed by atoms with van der Waals surface area (Å²) in [6.07, 6.45) is 0. The number of thiazole rings is 1. The third-order valence-electron chi connectivity index (χ3n) is 5.28. The number of carbonyl (C=O) groups excluding carboxylic acids is 2. The van der Waals surface area contributed by atoms with Gasteiger partial charge in [-0.15, -0.1) is 11.3 Å². The van der Waals surface area contributed by atoms with Gasteiger partial charge >= 0.3 is 0 Å². The molecule has 37 heavy (non-hydrogen) atoms. The molecular weight excluding hydrogens is 514 g/mol. The average molecular weight is 540 g/mol. The van der Waals surface area contributed by atoms with Crippen molar-refractivity contribution in [3.05, 3.63) is 60.2 Å². The highest BCUT2D eigenvalue weighted by Crippen LogP contribution is 2.33. The molecule has 0 radical (unpaired) electrons. The molecule has 2 amide bonds. The normalized spacial score (nSPS) is 10.6. The van der Waals surface area contributed by atoms with E-state index in [9.17, 15) is 9.59 Å². The number of aromatic nitrogens is 1. The van der Waals surface area contributed by atoms with Crippen LogP contribution in [0.5, 0.6) is 23.0 Å². The molecule has 0 atom stereocenters. The second kappa shape index (κ2) is 11.8. The fourth-order valence-corrected chi connectivity index (χ4v) is 5.36. The predicted molar refractivity (Wildman–Crippen MR) is 146 cm³/mol. The van der Waals surface area contributed by atoms with Crippen molar-refractivity contribution >= 4 is 56.5 Å². The van der Waals surface area contributed by atoms with Crippen molar-refractivity contribution in [3.8, 4) is 23.0 Å². The fourth-order valence-electron chi connectivity index (χ4n) is 3.45. The summed E-state index contributed by atoms with van der Waals surface area (Å²) >= 11 is 2.78. The molecule has 0 bridgehead atoms. The highest BCUT2D eigenvalue weighted by molar-refractivity contribution is 8.01. The Morgan fingerprint density at radius 1 is 0.838 bits per heavy atom. The molecule has 2 N–H and O–H groups in total. The lowest BCUT2D eigenvalue weighted by molar-refractivity contribution is -0.113. The smallest absolute Gasteiger partial charge is 0.255 e. The van der Waals surface area contributed by atoms with Gasteiger partial charge in [0, 0.05) is 17.3 Å². The van der Waals surface area contributed by atoms with E-state index in [1.807, 2.05) is 12.1 Å². The number of hydrogen-bond donors (Lipinski definition) is 2. The van der Waals surface area contributed by atoms with Crippen LogP contribution in [0.3, 0.4) is 0 Å². The van der Waals surface area contributed by atoms with E-state index >= 15 is 0 Å². The van der Waals surface area contributed by atoms with Crippen LogP contribution in [0, 0.1) is 0 Å². The highest BCUT2D eigenvalue weighted by Gasteiger charge is 2.14. The highest BCUT2D eigenvalue weighted by atomic mass is 32.2. The number of amides is 2. The Labute approximate surface area is 222 Å². The summed E-state index contributed by atoms with van der Waals surface area (Å²) < 4.78 is 22.7. The van der Waals surface area contributed by atoms with Crippen LogP contribution in [-0.2, 0) is 4.79 Å². The number of thioether (sulfide) groups is 1. The van der Waals surface area contributed by atoms with E-state index in [-0.39, 0.29) is 17.6 Å². The van der Waals surface area contributed by atoms with Crippen LogP contribution in [-0.4, -0.2) is 51.0 Å². The number of benzene rings is 3. The maximum Gasteiger partial charge on any atom is 0.255 e. The number of hydrogen-bond acceptors (Lipinski definition) is 9. The zero-order valence-corrected chi connectivity index (χ0v) is 22.2. The Morgan fingerprint density at radius 3 is 2.32 bits per heavy atom. The quantitative estimate of drug-likeness (QED) is 0.261. The zero-order chi connectivity index (χ0) is 26.4. The van der Waals surface area contributed by atoms with E-state index in [4.69, 9.17) is 18.9 Å². The van der Waals surface area contributed by atoms with Gasteiger partial charge in [-0.25, -0.2) is 4.98 Å². The molecule has 0 aliphatic heterocycles. The largest absolute Gasteiger partial charge is 0.497 e. The van der Waals surface area contributed by atoms with Crippen LogP contribution in [0.15, 0.2) is 58.9 Å². The first kappa shape index (κ1) is 26.1. The Kier molecular flexibility index (Phi) is 8.36. The Hall–Kier alpha value is -3.96. The second-order valence-corrected chi connectivity index (χ2v) is 9.84. The second-order valence-electron chi connectivity index (χ2n) is 7.59. The van der Waals surface area contributed by atoms with E-state index in [1.165, 1.54) is 37.3 Å². The molecule has 9 nitrogen and oxygen atoms in total. The van der Waals surface area contributed by atoms with Crippen molar-refractivity contribution in [2.45, 2.75) is 4.34 Å². The minimum atomic E-state index is -0.274. The number of methoxy groups -OCH3 is 4. The molecule has 4 rings (SSSR count). The van der Waals surface area contributed by atoms with Gasteiger partial charge in [0.1, 0.15) is 11.5 Å². The number of fused-ring (bicyclic) bond motifs is 1. The van der Waals surface area contributed by atoms with Crippen LogP contribution in [0.1, 0.15) is 10.4 Å². The monoisotopic (exact) mass is 539 g/mol. The topological polar surface area (TPSA) is 108 Å². The SMILES string of the molecule is COc1ccc(OC)c(NC(=O)CSc2nc3ccc(NC(=O)c4ccc(OC)c(OC)c4)cc3s2)c1. The molecule has 0 aliphatic rings. The summed E-state index contributed by atoms with van der Waals surface area (Å²) in [5.41, 5.74) is 2.39. The Bertz CT molecular complexity index is 1440. The van der Waals surface area contributed by atoms with Gasteiger partial charge in [-0.2, -0.15) is 0 Å². The van der Waals surface area contributed by atoms with Crippen molar-refractivity contribution in [2.75, 3.05) is 44.8 Å². The summed E-state index contributed by atoms with van der Waals surface area (Å²) in [6.45, 7) is 0. The van der Waals surface area contributed by atoms with Crippen LogP contribution in [0.2, 0.25) is 0 Å². The molecule has 1 heterocycles. The van der Waals surface area contributed by atoms with Gasteiger partial charge in [-0.3, -0.25) is 9.59 Å². The van der Waals surface area contributed by atoms with Gasteiger partial charge < -0.3 is 29.6 Å². The molecular formula is C26H25N3O6S2. The number of nitrogens with zero attached hydrogens (tertiary/aromatic N) is 1. The number of ether oxygens (including phenoxy) is 4. The molecule has 0 unspecified atom stereocenters. The number of anilines is 2. The lowest BCUT2D eigenvalue weighted by atomic mass is 10.2. The summed E-state index contributed by atoms with van der Waals surface area (Å²) in [5, 5.41) is 5.75. The molecule has 3 aromatic carbocycles. The number of nitrogens with one attached hydrogen (secondary N) is 2. The summed E-state index contributed by atoms with van der Waals surface area (Å²) in [5.74, 6) is 1.88. The molecule has 0 saturated carbocycles. The van der Waals surface area contributed by atoms with Crippen molar-refractivity contribution in [3.63, 3.8) is 0 Å². The van der Waals surface area contributed by atoms with Crippen LogP contribution < -0.4 is 29.6 Å². The van der Waals surface area contributed by atoms with E-state index in [1.54, 1.807) is 56.7 Å². The van der Waals surface area contributed by atoms with E-state index < -0.39 is 0 Å². The molecule has 192 valence electrons. The van der Waals surface area contributed by atoms with Crippen molar-refractivity contribution in [1.29, 1.82) is 0 Å². The molecule has 4 aromatic rings. The molecule has 1 aromatic heterocycles. The molecule has 0 saturated heterocycles. The van der Waals surface area contributed by atoms with Gasteiger partial charge in [-0.05, 0) is 48.5 Å². The predicted octanol–water partition coefficient (Wildman–Crippen LogP) is 5.31. The third-order valence-corrected chi connectivity index (χ3v) is 7.44. The maximum absolute atomic E-state index is 12.8. The fraction of sp³-hybridized carbons (Fsp3) is 0.192. The van der Waals surface area contributed by atoms with Crippen molar-refractivity contribution in [2.24, 2.45) is 0 Å². The zero-order valence-electron chi connectivity index (χ0n) is 20.6. The first-order chi connectivity index (χ1) is 17.9.